The first-order chi connectivity index (χ1) is 13.8. The summed E-state index contributed by atoms with van der Waals surface area (Å²) in [6, 6.07) is 15.7. The Morgan fingerprint density at radius 3 is 2.75 bits per heavy atom. The summed E-state index contributed by atoms with van der Waals surface area (Å²) < 4.78 is 9.21. The zero-order valence-corrected chi connectivity index (χ0v) is 15.7. The first-order valence-electron chi connectivity index (χ1n) is 8.74. The Labute approximate surface area is 164 Å². The SMILES string of the molecule is CCn1c(Sc2cc(-c3ccccc3)nc3ncnn23)nnc1-c1ccco1. The van der Waals surface area contributed by atoms with Gasteiger partial charge in [-0.2, -0.15) is 14.6 Å². The molecule has 0 amide bonds. The maximum absolute atomic E-state index is 5.49. The molecule has 0 saturated heterocycles. The van der Waals surface area contributed by atoms with E-state index >= 15 is 0 Å². The molecule has 0 aliphatic rings. The van der Waals surface area contributed by atoms with Crippen LogP contribution in [0.3, 0.4) is 0 Å². The summed E-state index contributed by atoms with van der Waals surface area (Å²) >= 11 is 1.47. The standard InChI is InChI=1S/C19H15N7OS/c1-2-25-17(15-9-6-10-27-15)23-24-19(25)28-16-11-14(13-7-4-3-5-8-13)22-18-20-12-21-26(16)18/h3-12H,2H2,1H3. The van der Waals surface area contributed by atoms with E-state index in [1.165, 1.54) is 18.1 Å². The van der Waals surface area contributed by atoms with Gasteiger partial charge in [0.2, 0.25) is 0 Å². The van der Waals surface area contributed by atoms with Gasteiger partial charge in [0, 0.05) is 12.1 Å². The van der Waals surface area contributed by atoms with Gasteiger partial charge in [0.05, 0.1) is 12.0 Å². The number of hydrogen-bond acceptors (Lipinski definition) is 7. The van der Waals surface area contributed by atoms with Crippen LogP contribution in [0, 0.1) is 0 Å². The zero-order valence-electron chi connectivity index (χ0n) is 14.9. The van der Waals surface area contributed by atoms with Crippen LogP contribution in [0.2, 0.25) is 0 Å². The van der Waals surface area contributed by atoms with E-state index in [4.69, 9.17) is 4.42 Å². The van der Waals surface area contributed by atoms with E-state index in [-0.39, 0.29) is 0 Å². The normalized spacial score (nSPS) is 11.3. The van der Waals surface area contributed by atoms with Gasteiger partial charge in [-0.05, 0) is 36.9 Å². The minimum absolute atomic E-state index is 0.540. The summed E-state index contributed by atoms with van der Waals surface area (Å²) in [5, 5.41) is 14.6. The van der Waals surface area contributed by atoms with Gasteiger partial charge in [-0.25, -0.2) is 4.98 Å². The minimum atomic E-state index is 0.540. The molecule has 28 heavy (non-hydrogen) atoms. The third-order valence-corrected chi connectivity index (χ3v) is 5.24. The van der Waals surface area contributed by atoms with E-state index in [2.05, 4.69) is 25.3 Å². The number of furan rings is 1. The van der Waals surface area contributed by atoms with Gasteiger partial charge in [0.15, 0.2) is 16.7 Å². The van der Waals surface area contributed by atoms with Gasteiger partial charge in [-0.3, -0.25) is 4.57 Å². The largest absolute Gasteiger partial charge is 0.461 e. The second-order valence-corrected chi connectivity index (χ2v) is 6.93. The van der Waals surface area contributed by atoms with Crippen molar-refractivity contribution in [2.45, 2.75) is 23.7 Å². The number of rotatable bonds is 5. The Morgan fingerprint density at radius 2 is 1.96 bits per heavy atom. The lowest BCUT2D eigenvalue weighted by molar-refractivity contribution is 0.567. The van der Waals surface area contributed by atoms with Gasteiger partial charge < -0.3 is 4.42 Å². The van der Waals surface area contributed by atoms with Gasteiger partial charge in [-0.15, -0.1) is 10.2 Å². The molecule has 0 saturated carbocycles. The van der Waals surface area contributed by atoms with Crippen LogP contribution in [0.5, 0.6) is 0 Å². The van der Waals surface area contributed by atoms with Crippen LogP contribution in [-0.4, -0.2) is 34.3 Å². The predicted octanol–water partition coefficient (Wildman–Crippen LogP) is 3.81. The number of benzene rings is 1. The second kappa shape index (κ2) is 6.93. The Balaban J connectivity index is 1.60. The molecule has 5 rings (SSSR count). The molecule has 0 aliphatic carbocycles. The van der Waals surface area contributed by atoms with Crippen LogP contribution < -0.4 is 0 Å². The summed E-state index contributed by atoms with van der Waals surface area (Å²) in [7, 11) is 0. The van der Waals surface area contributed by atoms with E-state index in [1.807, 2.05) is 60.0 Å². The van der Waals surface area contributed by atoms with Crippen molar-refractivity contribution in [2.24, 2.45) is 0 Å². The van der Waals surface area contributed by atoms with Crippen LogP contribution >= 0.6 is 11.8 Å². The summed E-state index contributed by atoms with van der Waals surface area (Å²) in [6.45, 7) is 2.76. The van der Waals surface area contributed by atoms with E-state index in [0.29, 0.717) is 23.9 Å². The molecule has 5 aromatic rings. The lowest BCUT2D eigenvalue weighted by atomic mass is 10.1. The molecule has 4 heterocycles. The van der Waals surface area contributed by atoms with Crippen LogP contribution in [0.4, 0.5) is 0 Å². The smallest absolute Gasteiger partial charge is 0.253 e. The fraction of sp³-hybridized carbons (Fsp3) is 0.105. The van der Waals surface area contributed by atoms with Crippen LogP contribution in [0.15, 0.2) is 75.7 Å². The van der Waals surface area contributed by atoms with Crippen molar-refractivity contribution in [3.8, 4) is 22.8 Å². The van der Waals surface area contributed by atoms with Crippen molar-refractivity contribution in [1.82, 2.24) is 34.3 Å². The second-order valence-electron chi connectivity index (χ2n) is 5.95. The monoisotopic (exact) mass is 389 g/mol. The summed E-state index contributed by atoms with van der Waals surface area (Å²) in [6.07, 6.45) is 3.13. The molecule has 0 radical (unpaired) electrons. The molecule has 138 valence electrons. The molecule has 8 nitrogen and oxygen atoms in total. The summed E-state index contributed by atoms with van der Waals surface area (Å²) in [4.78, 5) is 8.88. The lowest BCUT2D eigenvalue weighted by Gasteiger charge is -2.08. The average molecular weight is 389 g/mol. The van der Waals surface area contributed by atoms with Gasteiger partial charge in [0.25, 0.3) is 5.78 Å². The van der Waals surface area contributed by atoms with Crippen LogP contribution in [0.25, 0.3) is 28.6 Å². The molecular weight excluding hydrogens is 374 g/mol. The summed E-state index contributed by atoms with van der Waals surface area (Å²) in [5.74, 6) is 1.92. The Hall–Kier alpha value is -3.46. The zero-order chi connectivity index (χ0) is 18.9. The molecule has 0 N–H and O–H groups in total. The molecule has 0 unspecified atom stereocenters. The number of fused-ring (bicyclic) bond motifs is 1. The highest BCUT2D eigenvalue weighted by atomic mass is 32.2. The molecule has 4 aromatic heterocycles. The maximum Gasteiger partial charge on any atom is 0.253 e. The van der Waals surface area contributed by atoms with Crippen molar-refractivity contribution in [1.29, 1.82) is 0 Å². The van der Waals surface area contributed by atoms with Crippen molar-refractivity contribution in [3.63, 3.8) is 0 Å². The van der Waals surface area contributed by atoms with Crippen molar-refractivity contribution < 1.29 is 4.42 Å². The highest BCUT2D eigenvalue weighted by molar-refractivity contribution is 7.99. The van der Waals surface area contributed by atoms with E-state index in [9.17, 15) is 0 Å². The molecule has 0 bridgehead atoms. The Kier molecular flexibility index (Phi) is 4.13. The quantitative estimate of drug-likeness (QED) is 0.422. The molecule has 0 atom stereocenters. The fourth-order valence-electron chi connectivity index (χ4n) is 2.95. The molecule has 0 spiro atoms. The first-order valence-corrected chi connectivity index (χ1v) is 9.56. The number of nitrogens with zero attached hydrogens (tertiary/aromatic N) is 7. The van der Waals surface area contributed by atoms with Crippen molar-refractivity contribution >= 4 is 17.5 Å². The first kappa shape index (κ1) is 16.7. The van der Waals surface area contributed by atoms with Gasteiger partial charge >= 0.3 is 0 Å². The minimum Gasteiger partial charge on any atom is -0.461 e. The Morgan fingerprint density at radius 1 is 1.07 bits per heavy atom. The fourth-order valence-corrected chi connectivity index (χ4v) is 3.93. The third-order valence-electron chi connectivity index (χ3n) is 4.26. The van der Waals surface area contributed by atoms with Crippen molar-refractivity contribution in [2.75, 3.05) is 0 Å². The maximum atomic E-state index is 5.49. The van der Waals surface area contributed by atoms with Crippen LogP contribution in [-0.2, 0) is 6.54 Å². The van der Waals surface area contributed by atoms with Gasteiger partial charge in [0.1, 0.15) is 11.4 Å². The topological polar surface area (TPSA) is 86.9 Å². The molecule has 9 heteroatoms. The highest BCUT2D eigenvalue weighted by Crippen LogP contribution is 2.31. The number of aromatic nitrogens is 7. The van der Waals surface area contributed by atoms with Gasteiger partial charge in [-0.1, -0.05) is 30.3 Å². The molecule has 1 aromatic carbocycles. The summed E-state index contributed by atoms with van der Waals surface area (Å²) in [5.41, 5.74) is 1.85. The number of hydrogen-bond donors (Lipinski definition) is 0. The van der Waals surface area contributed by atoms with E-state index < -0.39 is 0 Å². The third kappa shape index (κ3) is 2.85. The predicted molar refractivity (Wildman–Crippen MR) is 104 cm³/mol. The van der Waals surface area contributed by atoms with E-state index in [0.717, 1.165) is 21.4 Å². The lowest BCUT2D eigenvalue weighted by Crippen LogP contribution is -2.02. The highest BCUT2D eigenvalue weighted by Gasteiger charge is 2.18. The van der Waals surface area contributed by atoms with Crippen molar-refractivity contribution in [3.05, 3.63) is 61.1 Å². The molecule has 0 fully saturated rings. The average Bonchev–Trinajstić information content (AvgIpc) is 3.48. The molecule has 0 aliphatic heterocycles. The molecular formula is C19H15N7OS. The van der Waals surface area contributed by atoms with Crippen LogP contribution in [0.1, 0.15) is 6.92 Å². The Bertz CT molecular complexity index is 1230. The van der Waals surface area contributed by atoms with E-state index in [1.54, 1.807) is 10.8 Å².